The van der Waals surface area contributed by atoms with Crippen LogP contribution in [0, 0.1) is 0 Å². The Labute approximate surface area is 232 Å². The molecule has 1 aliphatic rings. The molecule has 0 saturated carbocycles. The number of ether oxygens (including phenoxy) is 1. The van der Waals surface area contributed by atoms with Crippen molar-refractivity contribution in [3.8, 4) is 17.2 Å². The number of fused-ring (bicyclic) bond motifs is 1. The zero-order chi connectivity index (χ0) is 22.5. The number of phenols is 2. The number of hydrogen-bond donors (Lipinski definition) is 3. The average molecular weight is 471 g/mol. The van der Waals surface area contributed by atoms with Crippen molar-refractivity contribution in [2.45, 2.75) is 36.0 Å². The van der Waals surface area contributed by atoms with E-state index in [1.54, 1.807) is 18.2 Å². The van der Waals surface area contributed by atoms with E-state index >= 15 is 0 Å². The third-order valence-electron chi connectivity index (χ3n) is 6.01. The van der Waals surface area contributed by atoms with E-state index in [1.165, 1.54) is 6.07 Å². The molecule has 4 rings (SSSR count). The molecule has 0 aliphatic carbocycles. The Bertz CT molecular complexity index is 1200. The Morgan fingerprint density at radius 2 is 1.94 bits per heavy atom. The van der Waals surface area contributed by atoms with Gasteiger partial charge in [-0.1, -0.05) is 0 Å². The Morgan fingerprint density at radius 1 is 1.22 bits per heavy atom. The summed E-state index contributed by atoms with van der Waals surface area (Å²) in [6.45, 7) is 6.21. The van der Waals surface area contributed by atoms with Crippen LogP contribution < -0.4 is 39.3 Å². The average Bonchev–Trinajstić information content (AvgIpc) is 3.31. The van der Waals surface area contributed by atoms with E-state index in [2.05, 4.69) is 41.3 Å². The van der Waals surface area contributed by atoms with E-state index < -0.39 is 2.79 Å². The van der Waals surface area contributed by atoms with Gasteiger partial charge in [-0.15, -0.1) is 0 Å². The number of aromatic nitrogens is 1. The van der Waals surface area contributed by atoms with Crippen LogP contribution in [0.3, 0.4) is 0 Å². The molecule has 1 atom stereocenters. The fourth-order valence-electron chi connectivity index (χ4n) is 4.23. The second kappa shape index (κ2) is 9.70. The first-order chi connectivity index (χ1) is 14.7. The number of aromatic hydroxyl groups is 2. The number of methoxy groups -OCH3 is 1. The maximum Gasteiger partial charge on any atom is 1.00 e. The monoisotopic (exact) mass is 470 g/mol. The normalized spacial score (nSPS) is 18.0. The number of phenolic OH excluding ortho intramolecular Hbond substituents is 2. The number of rotatable bonds is 5. The summed E-state index contributed by atoms with van der Waals surface area (Å²) in [6, 6.07) is 9.45. The van der Waals surface area contributed by atoms with Crippen LogP contribution in [-0.2, 0) is 9.21 Å². The molecule has 0 spiro atoms. The van der Waals surface area contributed by atoms with Gasteiger partial charge in [-0.05, 0) is 0 Å². The van der Waals surface area contributed by atoms with Gasteiger partial charge in [0.2, 0.25) is 0 Å². The molecule has 32 heavy (non-hydrogen) atoms. The van der Waals surface area contributed by atoms with Crippen LogP contribution in [0.4, 0.5) is 5.69 Å². The van der Waals surface area contributed by atoms with Gasteiger partial charge in [0.1, 0.15) is 0 Å². The molecule has 2 N–H and O–H groups in total. The molecule has 7 nitrogen and oxygen atoms in total. The second-order valence-corrected chi connectivity index (χ2v) is 9.99. The Hall–Kier alpha value is -1.00. The molecule has 0 radical (unpaired) electrons. The molecule has 158 valence electrons. The fraction of sp³-hybridized carbons (Fsp3) is 0.318. The first-order valence-electron chi connectivity index (χ1n) is 10.2. The van der Waals surface area contributed by atoms with Crippen molar-refractivity contribution in [1.82, 2.24) is 4.57 Å². The molecule has 1 unspecified atom stereocenters. The van der Waals surface area contributed by atoms with Crippen molar-refractivity contribution in [3.63, 3.8) is 0 Å². The Kier molecular flexibility index (Phi) is 7.77. The summed E-state index contributed by atoms with van der Waals surface area (Å²) in [5.74, 6) is 0.804. The summed E-state index contributed by atoms with van der Waals surface area (Å²) >= 11 is 5.29. The predicted octanol–water partition coefficient (Wildman–Crippen LogP) is 1.58. The van der Waals surface area contributed by atoms with Crippen LogP contribution in [0.5, 0.6) is 17.2 Å². The summed E-state index contributed by atoms with van der Waals surface area (Å²) in [7, 11) is 1.67. The minimum Gasteiger partial charge on any atom is 1.00 e. The van der Waals surface area contributed by atoms with Crippen LogP contribution in [0.15, 0.2) is 41.6 Å². The van der Waals surface area contributed by atoms with Gasteiger partial charge in [0.05, 0.1) is 0 Å². The van der Waals surface area contributed by atoms with Crippen molar-refractivity contribution in [2.24, 2.45) is 5.10 Å². The second-order valence-electron chi connectivity index (χ2n) is 8.11. The van der Waals surface area contributed by atoms with Crippen LogP contribution in [-0.4, -0.2) is 54.9 Å². The third kappa shape index (κ3) is 3.94. The summed E-state index contributed by atoms with van der Waals surface area (Å²) in [4.78, 5) is 0. The first-order valence-corrected chi connectivity index (χ1v) is 11.7. The number of anilines is 1. The standard InChI is InChI=1S/C22H24N4O3S.2Na/c1-5-13-10-16(18(28)11-17(13)27)26-21(22(30)23-24-26)14-6-7-19(29-4)20-15(14)8-9-25(20)12(2)3;;/h6-12,27-28H,5H2,1-4H3,(H,23,30);;/q-1;;+1. The minimum absolute atomic E-state index is 0. The molecule has 0 bridgehead atoms. The van der Waals surface area contributed by atoms with Gasteiger partial charge in [-0.2, -0.15) is 0 Å². The van der Waals surface area contributed by atoms with E-state index in [0.29, 0.717) is 45.1 Å². The van der Waals surface area contributed by atoms with Gasteiger partial charge < -0.3 is 0 Å². The molecule has 1 aromatic heterocycles. The number of aryl methyl sites for hydroxylation is 1. The first kappa shape index (κ1) is 25.6. The maximum absolute atomic E-state index is 10.7. The van der Waals surface area contributed by atoms with E-state index in [-0.39, 0.29) is 47.1 Å². The molecule has 0 amide bonds. The zero-order valence-corrected chi connectivity index (χ0v) is 24.2. The third-order valence-corrected chi connectivity index (χ3v) is 8.40. The molecule has 3 aromatic rings. The van der Waals surface area contributed by atoms with Gasteiger partial charge in [-0.3, -0.25) is 0 Å². The zero-order valence-electron chi connectivity index (χ0n) is 19.3. The van der Waals surface area contributed by atoms with E-state index in [0.717, 1.165) is 27.8 Å². The van der Waals surface area contributed by atoms with Crippen LogP contribution in [0.2, 0.25) is 0 Å². The van der Waals surface area contributed by atoms with Crippen molar-refractivity contribution >= 4 is 62.2 Å². The summed E-state index contributed by atoms with van der Waals surface area (Å²) in [6.07, 6.45) is 2.69. The molecule has 0 fully saturated rings. The quantitative estimate of drug-likeness (QED) is 0.391. The number of thiol groups is 1. The molecular weight excluding hydrogens is 446 g/mol. The van der Waals surface area contributed by atoms with Crippen LogP contribution in [0.1, 0.15) is 37.9 Å². The fourth-order valence-corrected chi connectivity index (χ4v) is 5.35. The number of hydrogen-bond acceptors (Lipinski definition) is 5. The van der Waals surface area contributed by atoms with Crippen molar-refractivity contribution < 1.29 is 44.5 Å². The summed E-state index contributed by atoms with van der Waals surface area (Å²) in [5, 5.41) is 28.4. The molecule has 0 saturated heterocycles. The molecule has 2 aromatic carbocycles. The molecule has 2 heterocycles. The summed E-state index contributed by atoms with van der Waals surface area (Å²) < 4.78 is 7.12. The topological polar surface area (TPSA) is 84.3 Å². The van der Waals surface area contributed by atoms with E-state index in [1.807, 2.05) is 19.1 Å². The Morgan fingerprint density at radius 3 is 2.56 bits per heavy atom. The maximum atomic E-state index is 10.7. The SMILES string of the molecule is CCc1cc(N2[N-]N=C(S)[C]2([Na])c2ccc(OC)c3c2ccn3C(C)C)c(O)cc1O.[Na+]. The minimum atomic E-state index is -0.726. The number of benzene rings is 2. The largest absolute Gasteiger partial charge is 1.00 e. The molecule has 10 heteroatoms. The van der Waals surface area contributed by atoms with E-state index in [9.17, 15) is 10.2 Å². The van der Waals surface area contributed by atoms with Crippen LogP contribution >= 0.6 is 12.6 Å². The van der Waals surface area contributed by atoms with Gasteiger partial charge in [0, 0.05) is 0 Å². The predicted molar refractivity (Wildman–Crippen MR) is 128 cm³/mol. The van der Waals surface area contributed by atoms with Gasteiger partial charge >= 0.3 is 235 Å². The van der Waals surface area contributed by atoms with Gasteiger partial charge in [0.25, 0.3) is 0 Å². The smallest absolute Gasteiger partial charge is 1.00 e. The van der Waals surface area contributed by atoms with Crippen molar-refractivity contribution in [2.75, 3.05) is 12.1 Å². The Balaban J connectivity index is 0.00000289. The van der Waals surface area contributed by atoms with Gasteiger partial charge in [0.15, 0.2) is 0 Å². The van der Waals surface area contributed by atoms with E-state index in [4.69, 9.17) is 17.4 Å². The van der Waals surface area contributed by atoms with Gasteiger partial charge in [-0.25, -0.2) is 0 Å². The summed E-state index contributed by atoms with van der Waals surface area (Å²) in [5.41, 5.74) is 7.59. The molecular formula is C22H24N4Na2O3S. The number of nitrogens with zero attached hydrogens (tertiary/aromatic N) is 4. The van der Waals surface area contributed by atoms with Crippen LogP contribution in [0.25, 0.3) is 16.4 Å². The van der Waals surface area contributed by atoms with Crippen molar-refractivity contribution in [3.05, 3.63) is 53.2 Å². The molecule has 1 aliphatic heterocycles. The van der Waals surface area contributed by atoms with Crippen molar-refractivity contribution in [1.29, 1.82) is 0 Å².